The lowest BCUT2D eigenvalue weighted by molar-refractivity contribution is 0.400. The largest absolute Gasteiger partial charge is 0.356 e. The van der Waals surface area contributed by atoms with E-state index in [1.165, 1.54) is 27.6 Å². The molecule has 4 unspecified atom stereocenters. The Kier molecular flexibility index (Phi) is 9.06. The van der Waals surface area contributed by atoms with Crippen molar-refractivity contribution in [1.29, 1.82) is 0 Å². The zero-order valence-corrected chi connectivity index (χ0v) is 33.1. The third-order valence-electron chi connectivity index (χ3n) is 12.7. The van der Waals surface area contributed by atoms with Crippen molar-refractivity contribution in [2.75, 3.05) is 15.1 Å². The lowest BCUT2D eigenvalue weighted by Crippen LogP contribution is -2.32. The standard InChI is InChI=1S/C54H44F2N4/c55-38-18-27-44(28-19-38)59-51-12-6-4-10-47(51)49-34-41(24-32-53(49)59)57-40-22-14-36(15-23-40)37-16-25-43(26-17-37)58(42-8-2-1-3-9-42)46-31-33-54-50(35-46)48-11-5-7-13-52(48)60(54)45-29-20-39(56)21-30-45/h1-16,18,20-29,31-35,37-38,45,47,51,57H,17,19,30H2/t37?,38?,45-,47?,51?/m1/s1. The first kappa shape index (κ1) is 36.2. The minimum absolute atomic E-state index is 0.0516. The third kappa shape index (κ3) is 6.44. The second kappa shape index (κ2) is 15.0. The van der Waals surface area contributed by atoms with Gasteiger partial charge in [-0.2, -0.15) is 0 Å². The minimum atomic E-state index is -0.911. The summed E-state index contributed by atoms with van der Waals surface area (Å²) in [6.45, 7) is 0. The second-order valence-corrected chi connectivity index (χ2v) is 16.3. The normalized spacial score (nSPS) is 22.7. The van der Waals surface area contributed by atoms with Crippen molar-refractivity contribution in [2.45, 2.75) is 49.4 Å². The van der Waals surface area contributed by atoms with E-state index in [-0.39, 0.29) is 29.7 Å². The first-order valence-electron chi connectivity index (χ1n) is 21.0. The molecule has 5 atom stereocenters. The molecule has 0 bridgehead atoms. The Labute approximate surface area is 349 Å². The highest BCUT2D eigenvalue weighted by atomic mass is 19.1. The molecule has 0 radical (unpaired) electrons. The fourth-order valence-corrected chi connectivity index (χ4v) is 9.77. The average molecular weight is 787 g/mol. The molecule has 4 nitrogen and oxygen atoms in total. The topological polar surface area (TPSA) is 23.4 Å². The van der Waals surface area contributed by atoms with Gasteiger partial charge in [-0.3, -0.25) is 0 Å². The van der Waals surface area contributed by atoms with Gasteiger partial charge >= 0.3 is 0 Å². The number of aromatic nitrogens is 1. The van der Waals surface area contributed by atoms with Crippen LogP contribution in [0.15, 0.2) is 211 Å². The van der Waals surface area contributed by atoms with Gasteiger partial charge in [0, 0.05) is 79.9 Å². The van der Waals surface area contributed by atoms with Gasteiger partial charge in [0.1, 0.15) is 12.0 Å². The maximum absolute atomic E-state index is 14.0. The molecule has 0 fully saturated rings. The molecule has 0 saturated carbocycles. The molecule has 5 aromatic carbocycles. The Balaban J connectivity index is 0.836. The number of alkyl halides is 1. The highest BCUT2D eigenvalue weighted by Gasteiger charge is 2.38. The number of para-hydroxylation sites is 2. The molecule has 6 heteroatoms. The Hall–Kier alpha value is -6.92. The number of rotatable bonds is 8. The van der Waals surface area contributed by atoms with Crippen LogP contribution in [0, 0.1) is 0 Å². The lowest BCUT2D eigenvalue weighted by atomic mass is 9.91. The van der Waals surface area contributed by atoms with Crippen LogP contribution in [0.3, 0.4) is 0 Å². The summed E-state index contributed by atoms with van der Waals surface area (Å²) in [5.74, 6) is 0.324. The number of hydrogen-bond acceptors (Lipinski definition) is 3. The van der Waals surface area contributed by atoms with E-state index in [1.54, 1.807) is 18.2 Å². The van der Waals surface area contributed by atoms with Crippen molar-refractivity contribution < 1.29 is 8.78 Å². The van der Waals surface area contributed by atoms with E-state index in [9.17, 15) is 8.78 Å². The summed E-state index contributed by atoms with van der Waals surface area (Å²) in [5.41, 5.74) is 12.5. The van der Waals surface area contributed by atoms with Crippen LogP contribution in [-0.2, 0) is 0 Å². The monoisotopic (exact) mass is 786 g/mol. The van der Waals surface area contributed by atoms with Crippen LogP contribution in [0.2, 0.25) is 0 Å². The van der Waals surface area contributed by atoms with E-state index in [0.717, 1.165) is 51.6 Å². The van der Waals surface area contributed by atoms with E-state index in [2.05, 4.69) is 177 Å². The summed E-state index contributed by atoms with van der Waals surface area (Å²) >= 11 is 0. The molecule has 1 N–H and O–H groups in total. The summed E-state index contributed by atoms with van der Waals surface area (Å²) in [7, 11) is 0. The van der Waals surface area contributed by atoms with Gasteiger partial charge in [-0.1, -0.05) is 97.1 Å². The number of hydrogen-bond donors (Lipinski definition) is 1. The van der Waals surface area contributed by atoms with Gasteiger partial charge in [-0.05, 0) is 121 Å². The highest BCUT2D eigenvalue weighted by molar-refractivity contribution is 6.09. The Morgan fingerprint density at radius 2 is 1.43 bits per heavy atom. The molecular formula is C54H44F2N4. The number of nitrogens with one attached hydrogen (secondary N) is 1. The zero-order chi connectivity index (χ0) is 40.2. The van der Waals surface area contributed by atoms with Gasteiger partial charge in [0.05, 0.1) is 12.1 Å². The average Bonchev–Trinajstić information content (AvgIpc) is 3.80. The number of allylic oxidation sites excluding steroid dienone is 12. The van der Waals surface area contributed by atoms with E-state index in [4.69, 9.17) is 0 Å². The Morgan fingerprint density at radius 3 is 2.23 bits per heavy atom. The molecule has 0 amide bonds. The van der Waals surface area contributed by atoms with Gasteiger partial charge in [-0.25, -0.2) is 8.78 Å². The molecule has 60 heavy (non-hydrogen) atoms. The van der Waals surface area contributed by atoms with Crippen molar-refractivity contribution >= 4 is 50.2 Å². The third-order valence-corrected chi connectivity index (χ3v) is 12.7. The SMILES string of the molecule is FC1=CC[C@H](n2c3ccccc3c3cc(N(C4=CCC(c5ccc(Nc6ccc7c(c6)C6C=CC=CC6N7C6=CCC(F)C=C6)cc5)C=C4)c4ccccc4)ccc32)C=C1. The number of halogens is 2. The number of fused-ring (bicyclic) bond motifs is 6. The summed E-state index contributed by atoms with van der Waals surface area (Å²) in [6.07, 6.45) is 27.6. The Morgan fingerprint density at radius 1 is 0.617 bits per heavy atom. The van der Waals surface area contributed by atoms with E-state index >= 15 is 0 Å². The lowest BCUT2D eigenvalue weighted by Gasteiger charge is -2.30. The van der Waals surface area contributed by atoms with Crippen LogP contribution in [0.1, 0.15) is 48.3 Å². The van der Waals surface area contributed by atoms with Gasteiger partial charge in [-0.15, -0.1) is 0 Å². The molecule has 1 aromatic heterocycles. The van der Waals surface area contributed by atoms with Crippen molar-refractivity contribution in [2.24, 2.45) is 0 Å². The maximum atomic E-state index is 14.0. The maximum Gasteiger partial charge on any atom is 0.122 e. The predicted octanol–water partition coefficient (Wildman–Crippen LogP) is 14.2. The molecule has 4 aliphatic carbocycles. The van der Waals surface area contributed by atoms with E-state index in [0.29, 0.717) is 12.8 Å². The van der Waals surface area contributed by atoms with Gasteiger partial charge in [0.15, 0.2) is 0 Å². The van der Waals surface area contributed by atoms with Crippen LogP contribution >= 0.6 is 0 Å². The number of benzene rings is 5. The number of anilines is 5. The molecule has 0 saturated heterocycles. The van der Waals surface area contributed by atoms with Crippen molar-refractivity contribution in [3.63, 3.8) is 0 Å². The Bertz CT molecular complexity index is 2890. The molecule has 5 aliphatic rings. The van der Waals surface area contributed by atoms with Gasteiger partial charge in [0.25, 0.3) is 0 Å². The summed E-state index contributed by atoms with van der Waals surface area (Å²) in [6, 6.07) is 41.5. The van der Waals surface area contributed by atoms with Crippen LogP contribution in [0.4, 0.5) is 37.2 Å². The fraction of sp³-hybridized carbons (Fsp3) is 0.148. The van der Waals surface area contributed by atoms with Crippen LogP contribution in [0.5, 0.6) is 0 Å². The minimum Gasteiger partial charge on any atom is -0.356 e. The second-order valence-electron chi connectivity index (χ2n) is 16.3. The fourth-order valence-electron chi connectivity index (χ4n) is 9.77. The highest BCUT2D eigenvalue weighted by Crippen LogP contribution is 2.48. The van der Waals surface area contributed by atoms with Gasteiger partial charge < -0.3 is 19.7 Å². The molecule has 11 rings (SSSR count). The predicted molar refractivity (Wildman–Crippen MR) is 245 cm³/mol. The first-order chi connectivity index (χ1) is 29.6. The molecular weight excluding hydrogens is 743 g/mol. The van der Waals surface area contributed by atoms with E-state index < -0.39 is 6.17 Å². The zero-order valence-electron chi connectivity index (χ0n) is 33.1. The first-order valence-corrected chi connectivity index (χ1v) is 21.0. The van der Waals surface area contributed by atoms with Crippen molar-refractivity contribution in [1.82, 2.24) is 4.57 Å². The summed E-state index contributed by atoms with van der Waals surface area (Å²) in [5, 5.41) is 6.04. The molecule has 1 aliphatic heterocycles. The smallest absolute Gasteiger partial charge is 0.122 e. The van der Waals surface area contributed by atoms with Crippen LogP contribution < -0.4 is 15.1 Å². The summed E-state index contributed by atoms with van der Waals surface area (Å²) < 4.78 is 30.3. The van der Waals surface area contributed by atoms with Crippen LogP contribution in [-0.4, -0.2) is 16.8 Å². The molecule has 6 aromatic rings. The van der Waals surface area contributed by atoms with Crippen LogP contribution in [0.25, 0.3) is 21.8 Å². The summed E-state index contributed by atoms with van der Waals surface area (Å²) in [4.78, 5) is 4.71. The number of nitrogens with zero attached hydrogens (tertiary/aromatic N) is 3. The molecule has 0 spiro atoms. The van der Waals surface area contributed by atoms with Crippen molar-refractivity contribution in [3.05, 3.63) is 223 Å². The van der Waals surface area contributed by atoms with E-state index in [1.807, 2.05) is 18.2 Å². The molecule has 294 valence electrons. The van der Waals surface area contributed by atoms with Gasteiger partial charge in [0.2, 0.25) is 0 Å². The molecule has 2 heterocycles. The van der Waals surface area contributed by atoms with Crippen molar-refractivity contribution in [3.8, 4) is 0 Å². The quantitative estimate of drug-likeness (QED) is 0.166.